The van der Waals surface area contributed by atoms with Gasteiger partial charge in [-0.25, -0.2) is 13.4 Å². The van der Waals surface area contributed by atoms with E-state index in [0.29, 0.717) is 59.8 Å². The number of fused-ring (bicyclic) bond motifs is 5. The van der Waals surface area contributed by atoms with Gasteiger partial charge >= 0.3 is 6.18 Å². The maximum absolute atomic E-state index is 14.2. The van der Waals surface area contributed by atoms with Gasteiger partial charge < -0.3 is 25.1 Å². The summed E-state index contributed by atoms with van der Waals surface area (Å²) in [5.41, 5.74) is 5.97. The number of allylic oxidation sites excluding steroid dienone is 1. The van der Waals surface area contributed by atoms with Crippen molar-refractivity contribution in [2.24, 2.45) is 11.7 Å². The fourth-order valence-electron chi connectivity index (χ4n) is 7.64. The summed E-state index contributed by atoms with van der Waals surface area (Å²) in [7, 11) is -3.91. The normalized spacial score (nSPS) is 26.5. The summed E-state index contributed by atoms with van der Waals surface area (Å²) in [5.74, 6) is -2.17. The molecule has 8 rings (SSSR count). The molecule has 290 valence electrons. The predicted octanol–water partition coefficient (Wildman–Crippen LogP) is 5.35. The number of nitrogens with one attached hydrogen (secondary N) is 2. The number of halogens is 3. The molecule has 4 heterocycles. The number of hydrogen-bond donors (Lipinski definition) is 3. The van der Waals surface area contributed by atoms with Gasteiger partial charge in [0.1, 0.15) is 28.8 Å². The smallest absolute Gasteiger partial charge is 0.416 e. The number of carbonyl (C=O) groups is 3. The summed E-state index contributed by atoms with van der Waals surface area (Å²) < 4.78 is 80.6. The summed E-state index contributed by atoms with van der Waals surface area (Å²) in [6.45, 7) is -0.0527. The second kappa shape index (κ2) is 14.0. The number of ether oxygens (including phenoxy) is 1. The van der Waals surface area contributed by atoms with E-state index < -0.39 is 74.4 Å². The molecule has 5 atom stereocenters. The van der Waals surface area contributed by atoms with Gasteiger partial charge in [-0.1, -0.05) is 49.3 Å². The Labute approximate surface area is 314 Å². The van der Waals surface area contributed by atoms with E-state index in [9.17, 15) is 36.0 Å². The molecule has 16 heteroatoms. The lowest BCUT2D eigenvalue weighted by Crippen LogP contribution is -2.57. The maximum Gasteiger partial charge on any atom is 0.416 e. The molecule has 0 radical (unpaired) electrons. The highest BCUT2D eigenvalue weighted by Gasteiger charge is 2.62. The third-order valence-corrected chi connectivity index (χ3v) is 12.8. The molecule has 0 spiro atoms. The third-order valence-electron chi connectivity index (χ3n) is 11.0. The average Bonchev–Trinajstić information content (AvgIpc) is 4.05. The van der Waals surface area contributed by atoms with Gasteiger partial charge in [0.2, 0.25) is 21.8 Å². The number of rotatable bonds is 6. The molecular formula is C39H40F3N5O7S. The van der Waals surface area contributed by atoms with Crippen LogP contribution in [0.1, 0.15) is 63.4 Å². The number of carbonyl (C=O) groups excluding carboxylic acids is 3. The number of amides is 3. The van der Waals surface area contributed by atoms with Crippen molar-refractivity contribution in [1.29, 1.82) is 0 Å². The van der Waals surface area contributed by atoms with Crippen LogP contribution in [0, 0.1) is 5.92 Å². The molecule has 0 bridgehead atoms. The molecule has 2 saturated carbocycles. The molecule has 12 nitrogen and oxygen atoms in total. The number of aromatic nitrogens is 1. The Bertz CT molecular complexity index is 2310. The monoisotopic (exact) mass is 779 g/mol. The van der Waals surface area contributed by atoms with Crippen LogP contribution in [-0.2, 0) is 30.6 Å². The van der Waals surface area contributed by atoms with Crippen molar-refractivity contribution in [3.8, 4) is 17.0 Å². The fraction of sp³-hybridized carbons (Fsp3) is 0.436. The van der Waals surface area contributed by atoms with Gasteiger partial charge in [0.05, 0.1) is 29.1 Å². The van der Waals surface area contributed by atoms with E-state index in [1.54, 1.807) is 30.3 Å². The van der Waals surface area contributed by atoms with Crippen molar-refractivity contribution in [3.63, 3.8) is 0 Å². The summed E-state index contributed by atoms with van der Waals surface area (Å²) in [5, 5.41) is 2.84. The zero-order valence-electron chi connectivity index (χ0n) is 29.7. The number of benzene rings is 2. The molecule has 3 amide bonds. The minimum Gasteiger partial charge on any atom is -0.484 e. The molecule has 2 aromatic heterocycles. The molecule has 0 unspecified atom stereocenters. The van der Waals surface area contributed by atoms with Gasteiger partial charge in [-0.15, -0.1) is 0 Å². The molecule has 2 aliphatic heterocycles. The van der Waals surface area contributed by atoms with E-state index in [-0.39, 0.29) is 30.7 Å². The molecule has 55 heavy (non-hydrogen) atoms. The lowest BCUT2D eigenvalue weighted by molar-refractivity contribution is -0.140. The summed E-state index contributed by atoms with van der Waals surface area (Å²) in [4.78, 5) is 47.9. The summed E-state index contributed by atoms with van der Waals surface area (Å²) in [6.07, 6.45) is 2.98. The number of hydrogen-bond acceptors (Lipinski definition) is 9. The quantitative estimate of drug-likeness (QED) is 0.218. The van der Waals surface area contributed by atoms with Crippen LogP contribution < -0.4 is 20.5 Å². The van der Waals surface area contributed by atoms with E-state index in [4.69, 9.17) is 19.9 Å². The highest BCUT2D eigenvalue weighted by molar-refractivity contribution is 7.91. The van der Waals surface area contributed by atoms with Crippen LogP contribution in [0.25, 0.3) is 33.3 Å². The highest BCUT2D eigenvalue weighted by Crippen LogP contribution is 2.46. The average molecular weight is 780 g/mol. The first-order chi connectivity index (χ1) is 26.2. The second-order valence-corrected chi connectivity index (χ2v) is 16.9. The number of para-hydroxylation sites is 1. The van der Waals surface area contributed by atoms with Gasteiger partial charge in [-0.2, -0.15) is 13.2 Å². The Morgan fingerprint density at radius 1 is 1.05 bits per heavy atom. The van der Waals surface area contributed by atoms with Crippen LogP contribution in [0.15, 0.2) is 71.2 Å². The van der Waals surface area contributed by atoms with E-state index in [1.165, 1.54) is 17.0 Å². The van der Waals surface area contributed by atoms with E-state index in [1.807, 2.05) is 12.2 Å². The van der Waals surface area contributed by atoms with Crippen molar-refractivity contribution >= 4 is 49.8 Å². The minimum atomic E-state index is -4.52. The first kappa shape index (κ1) is 37.0. The van der Waals surface area contributed by atoms with Gasteiger partial charge in [0.25, 0.3) is 5.91 Å². The molecule has 3 fully saturated rings. The number of furan rings is 1. The Morgan fingerprint density at radius 3 is 2.56 bits per heavy atom. The second-order valence-electron chi connectivity index (χ2n) is 15.0. The number of nitrogens with two attached hydrogens (primary N) is 1. The zero-order valence-corrected chi connectivity index (χ0v) is 30.5. The molecule has 2 aliphatic carbocycles. The van der Waals surface area contributed by atoms with Crippen molar-refractivity contribution < 1.29 is 45.1 Å². The Balaban J connectivity index is 1.12. The zero-order chi connectivity index (χ0) is 38.7. The highest BCUT2D eigenvalue weighted by atomic mass is 32.2. The summed E-state index contributed by atoms with van der Waals surface area (Å²) in [6, 6.07) is 11.2. The third kappa shape index (κ3) is 7.29. The van der Waals surface area contributed by atoms with Crippen molar-refractivity contribution in [2.75, 3.05) is 6.54 Å². The number of pyridine rings is 1. The molecule has 1 saturated heterocycles. The van der Waals surface area contributed by atoms with Crippen molar-refractivity contribution in [2.45, 2.75) is 92.9 Å². The van der Waals surface area contributed by atoms with Crippen LogP contribution in [0.5, 0.6) is 5.75 Å². The van der Waals surface area contributed by atoms with Crippen LogP contribution in [-0.4, -0.2) is 71.5 Å². The molecular weight excluding hydrogens is 740 g/mol. The maximum atomic E-state index is 14.2. The number of nitrogens with zero attached hydrogens (tertiary/aromatic N) is 2. The molecule has 4 aromatic rings. The number of alkyl halides is 3. The van der Waals surface area contributed by atoms with E-state index >= 15 is 0 Å². The Kier molecular flexibility index (Phi) is 9.39. The van der Waals surface area contributed by atoms with Crippen LogP contribution in [0.3, 0.4) is 0 Å². The topological polar surface area (TPSA) is 174 Å². The number of sulfonamides is 1. The standard InChI is InChI=1S/C39H40F3N5O7S/c40-39(41,42)23-14-12-22(13-15-23)29-19-32(34-33(44-29)27-9-6-7-11-31(27)54-34)53-25-18-30-35(48)45-38(37(50)46-55(51,52)26-16-17-26)20-24(38)8-4-2-1-3-5-10-28(43)36(49)47(30)21-25/h4,6-9,11-15,19,24-26,28,30H,1-3,5,10,16-18,20-21,43H2,(H,45,48)(H,46,50)/t24-,25-,28+,30+,38-/m1/s1. The SMILES string of the molecule is N[C@H]1CCCCCC=C[C@@H]2C[C@@]2(C(=O)NS(=O)(=O)C2CC2)NC(=O)[C@@H]2C[C@@H](Oc3cc(-c4ccc(C(F)(F)F)cc4)nc4c3oc3ccccc34)CN2C1=O. The van der Waals surface area contributed by atoms with Crippen LogP contribution in [0.4, 0.5) is 13.2 Å². The largest absolute Gasteiger partial charge is 0.484 e. The van der Waals surface area contributed by atoms with Crippen LogP contribution in [0.2, 0.25) is 0 Å². The van der Waals surface area contributed by atoms with Gasteiger partial charge in [0.15, 0.2) is 11.3 Å². The van der Waals surface area contributed by atoms with Gasteiger partial charge in [-0.3, -0.25) is 19.1 Å². The van der Waals surface area contributed by atoms with E-state index in [2.05, 4.69) is 10.0 Å². The summed E-state index contributed by atoms with van der Waals surface area (Å²) >= 11 is 0. The molecule has 4 aliphatic rings. The lowest BCUT2D eigenvalue weighted by Gasteiger charge is -2.28. The first-order valence-electron chi connectivity index (χ1n) is 18.5. The van der Waals surface area contributed by atoms with E-state index in [0.717, 1.165) is 25.0 Å². The minimum absolute atomic E-state index is 0.0114. The van der Waals surface area contributed by atoms with Crippen molar-refractivity contribution in [1.82, 2.24) is 19.9 Å². The Hall–Kier alpha value is -4.96. The van der Waals surface area contributed by atoms with Crippen molar-refractivity contribution in [3.05, 3.63) is 72.3 Å². The first-order valence-corrected chi connectivity index (χ1v) is 20.1. The molecule has 4 N–H and O–H groups in total. The predicted molar refractivity (Wildman–Crippen MR) is 196 cm³/mol. The Morgan fingerprint density at radius 2 is 1.82 bits per heavy atom. The fourth-order valence-corrected chi connectivity index (χ4v) is 9.00. The van der Waals surface area contributed by atoms with Crippen LogP contribution >= 0.6 is 0 Å². The van der Waals surface area contributed by atoms with Gasteiger partial charge in [-0.05, 0) is 62.8 Å². The molecule has 2 aromatic carbocycles. The lowest BCUT2D eigenvalue weighted by atomic mass is 10.1. The van der Waals surface area contributed by atoms with Gasteiger partial charge in [0, 0.05) is 29.4 Å².